The van der Waals surface area contributed by atoms with Gasteiger partial charge in [-0.1, -0.05) is 13.8 Å². The maximum Gasteiger partial charge on any atom is 0.256 e. The van der Waals surface area contributed by atoms with E-state index in [1.54, 1.807) is 59.9 Å². The summed E-state index contributed by atoms with van der Waals surface area (Å²) in [5.41, 5.74) is 3.64. The number of pyridine rings is 2. The maximum absolute atomic E-state index is 13.4. The molecule has 2 N–H and O–H groups in total. The van der Waals surface area contributed by atoms with Gasteiger partial charge in [0.15, 0.2) is 5.65 Å². The Balaban J connectivity index is 1.48. The molecule has 0 atom stereocenters. The highest BCUT2D eigenvalue weighted by atomic mass is 16.3. The fraction of sp³-hybridized carbons (Fsp3) is 0.148. The van der Waals surface area contributed by atoms with Gasteiger partial charge >= 0.3 is 0 Å². The van der Waals surface area contributed by atoms with E-state index >= 15 is 0 Å². The van der Waals surface area contributed by atoms with Gasteiger partial charge in [0.2, 0.25) is 5.91 Å². The summed E-state index contributed by atoms with van der Waals surface area (Å²) >= 11 is 0. The molecule has 5 rings (SSSR count). The molecule has 2 amide bonds. The number of hydrogen-bond donors (Lipinski definition) is 2. The molecule has 9 heteroatoms. The Morgan fingerprint density at radius 1 is 1.00 bits per heavy atom. The second kappa shape index (κ2) is 9.83. The molecule has 0 aliphatic rings. The molecule has 0 bridgehead atoms. The number of nitrogens with zero attached hydrogens (tertiary/aromatic N) is 4. The number of nitrogens with one attached hydrogen (secondary N) is 2. The van der Waals surface area contributed by atoms with Crippen molar-refractivity contribution in [2.45, 2.75) is 20.4 Å². The first-order valence-electron chi connectivity index (χ1n) is 11.5. The van der Waals surface area contributed by atoms with E-state index in [1.807, 2.05) is 38.1 Å². The van der Waals surface area contributed by atoms with Gasteiger partial charge in [-0.2, -0.15) is 5.10 Å². The summed E-state index contributed by atoms with van der Waals surface area (Å²) in [6.45, 7) is 4.04. The van der Waals surface area contributed by atoms with Crippen LogP contribution >= 0.6 is 0 Å². The molecule has 1 aromatic carbocycles. The minimum Gasteiger partial charge on any atom is -0.467 e. The van der Waals surface area contributed by atoms with Crippen LogP contribution in [0.25, 0.3) is 22.3 Å². The van der Waals surface area contributed by atoms with Crippen LogP contribution in [0.3, 0.4) is 0 Å². The van der Waals surface area contributed by atoms with E-state index in [0.717, 1.165) is 11.3 Å². The number of rotatable bonds is 7. The monoisotopic (exact) mass is 480 g/mol. The fourth-order valence-electron chi connectivity index (χ4n) is 3.69. The number of aromatic nitrogens is 4. The topological polar surface area (TPSA) is 115 Å². The lowest BCUT2D eigenvalue weighted by molar-refractivity contribution is -0.118. The molecular formula is C27H24N6O3. The van der Waals surface area contributed by atoms with Crippen molar-refractivity contribution in [3.63, 3.8) is 0 Å². The summed E-state index contributed by atoms with van der Waals surface area (Å²) in [7, 11) is 0. The third kappa shape index (κ3) is 4.85. The zero-order valence-corrected chi connectivity index (χ0v) is 19.8. The molecule has 0 unspecified atom stereocenters. The predicted octanol–water partition coefficient (Wildman–Crippen LogP) is 4.98. The predicted molar refractivity (Wildman–Crippen MR) is 136 cm³/mol. The van der Waals surface area contributed by atoms with Gasteiger partial charge in [0.1, 0.15) is 12.3 Å². The van der Waals surface area contributed by atoms with Crippen molar-refractivity contribution >= 4 is 34.2 Å². The van der Waals surface area contributed by atoms with E-state index in [4.69, 9.17) is 9.40 Å². The number of furan rings is 1. The Hall–Kier alpha value is -4.79. The number of hydrogen-bond acceptors (Lipinski definition) is 6. The minimum atomic E-state index is -0.302. The van der Waals surface area contributed by atoms with Gasteiger partial charge in [-0.3, -0.25) is 14.6 Å². The maximum atomic E-state index is 13.4. The van der Waals surface area contributed by atoms with Gasteiger partial charge < -0.3 is 15.1 Å². The van der Waals surface area contributed by atoms with Crippen LogP contribution in [0.15, 0.2) is 83.9 Å². The largest absolute Gasteiger partial charge is 0.467 e. The van der Waals surface area contributed by atoms with Crippen molar-refractivity contribution in [3.8, 4) is 11.3 Å². The van der Waals surface area contributed by atoms with E-state index in [2.05, 4.69) is 20.7 Å². The molecule has 180 valence electrons. The van der Waals surface area contributed by atoms with E-state index < -0.39 is 0 Å². The molecule has 0 radical (unpaired) electrons. The SMILES string of the molecule is CC(C)C(=O)Nc1ccc(NC(=O)c2cc(-c3cccnc3)nc3c2cnn3Cc2ccco2)cc1. The van der Waals surface area contributed by atoms with Crippen molar-refractivity contribution in [3.05, 3.63) is 90.8 Å². The highest BCUT2D eigenvalue weighted by Crippen LogP contribution is 2.26. The molecule has 4 aromatic heterocycles. The van der Waals surface area contributed by atoms with Crippen LogP contribution in [0.2, 0.25) is 0 Å². The van der Waals surface area contributed by atoms with Crippen LogP contribution in [-0.2, 0) is 11.3 Å². The second-order valence-electron chi connectivity index (χ2n) is 8.59. The smallest absolute Gasteiger partial charge is 0.256 e. The first kappa shape index (κ1) is 23.0. The van der Waals surface area contributed by atoms with Gasteiger partial charge in [-0.05, 0) is 54.6 Å². The lowest BCUT2D eigenvalue weighted by atomic mass is 10.1. The van der Waals surface area contributed by atoms with Crippen molar-refractivity contribution < 1.29 is 14.0 Å². The van der Waals surface area contributed by atoms with Crippen LogP contribution in [0.4, 0.5) is 11.4 Å². The Morgan fingerprint density at radius 2 is 1.78 bits per heavy atom. The third-order valence-electron chi connectivity index (χ3n) is 5.63. The van der Waals surface area contributed by atoms with E-state index in [1.165, 1.54) is 0 Å². The quantitative estimate of drug-likeness (QED) is 0.339. The second-order valence-corrected chi connectivity index (χ2v) is 8.59. The molecular weight excluding hydrogens is 456 g/mol. The Kier molecular flexibility index (Phi) is 6.27. The molecule has 9 nitrogen and oxygen atoms in total. The molecule has 0 aliphatic carbocycles. The number of fused-ring (bicyclic) bond motifs is 1. The number of carbonyl (C=O) groups excluding carboxylic acids is 2. The first-order chi connectivity index (χ1) is 17.5. The normalized spacial score (nSPS) is 11.1. The van der Waals surface area contributed by atoms with Crippen LogP contribution in [0.1, 0.15) is 30.0 Å². The first-order valence-corrected chi connectivity index (χ1v) is 11.5. The summed E-state index contributed by atoms with van der Waals surface area (Å²) in [5, 5.41) is 10.9. The van der Waals surface area contributed by atoms with Gasteiger partial charge in [0.25, 0.3) is 5.91 Å². The molecule has 0 saturated carbocycles. The zero-order chi connectivity index (χ0) is 25.1. The average Bonchev–Trinajstić information content (AvgIpc) is 3.55. The standard InChI is InChI=1S/C27H24N6O3/c1-17(2)26(34)30-19-7-9-20(10-8-19)31-27(35)22-13-24(18-5-3-11-28-14-18)32-25-23(22)15-29-33(25)16-21-6-4-12-36-21/h3-15,17H,16H2,1-2H3,(H,30,34)(H,31,35). The summed E-state index contributed by atoms with van der Waals surface area (Å²) in [6, 6.07) is 16.1. The molecule has 0 fully saturated rings. The van der Waals surface area contributed by atoms with E-state index in [9.17, 15) is 9.59 Å². The molecule has 36 heavy (non-hydrogen) atoms. The summed E-state index contributed by atoms with van der Waals surface area (Å²) < 4.78 is 7.18. The van der Waals surface area contributed by atoms with Gasteiger partial charge in [-0.15, -0.1) is 0 Å². The fourth-order valence-corrected chi connectivity index (χ4v) is 3.69. The van der Waals surface area contributed by atoms with Crippen molar-refractivity contribution in [2.75, 3.05) is 10.6 Å². The third-order valence-corrected chi connectivity index (χ3v) is 5.63. The average molecular weight is 481 g/mol. The summed E-state index contributed by atoms with van der Waals surface area (Å²) in [5.74, 6) is 0.231. The Morgan fingerprint density at radius 3 is 2.44 bits per heavy atom. The highest BCUT2D eigenvalue weighted by Gasteiger charge is 2.19. The lowest BCUT2D eigenvalue weighted by Crippen LogP contribution is -2.17. The van der Waals surface area contributed by atoms with E-state index in [0.29, 0.717) is 40.2 Å². The van der Waals surface area contributed by atoms with Crippen LogP contribution < -0.4 is 10.6 Å². The van der Waals surface area contributed by atoms with Crippen LogP contribution in [-0.4, -0.2) is 31.6 Å². The van der Waals surface area contributed by atoms with Crippen LogP contribution in [0.5, 0.6) is 0 Å². The number of anilines is 2. The highest BCUT2D eigenvalue weighted by molar-refractivity contribution is 6.12. The van der Waals surface area contributed by atoms with Gasteiger partial charge in [-0.25, -0.2) is 9.67 Å². The zero-order valence-electron chi connectivity index (χ0n) is 19.8. The Labute approximate surface area is 207 Å². The number of carbonyl (C=O) groups is 2. The summed E-state index contributed by atoms with van der Waals surface area (Å²) in [4.78, 5) is 34.3. The number of benzene rings is 1. The molecule has 5 aromatic rings. The Bertz CT molecular complexity index is 1510. The molecule has 0 aliphatic heterocycles. The van der Waals surface area contributed by atoms with Crippen LogP contribution in [0, 0.1) is 5.92 Å². The molecule has 4 heterocycles. The van der Waals surface area contributed by atoms with Crippen molar-refractivity contribution in [1.29, 1.82) is 0 Å². The summed E-state index contributed by atoms with van der Waals surface area (Å²) in [6.07, 6.45) is 6.63. The molecule has 0 saturated heterocycles. The lowest BCUT2D eigenvalue weighted by Gasteiger charge is -2.11. The van der Waals surface area contributed by atoms with E-state index in [-0.39, 0.29) is 17.7 Å². The molecule has 0 spiro atoms. The van der Waals surface area contributed by atoms with Crippen molar-refractivity contribution in [1.82, 2.24) is 19.7 Å². The minimum absolute atomic E-state index is 0.0690. The van der Waals surface area contributed by atoms with Crippen molar-refractivity contribution in [2.24, 2.45) is 5.92 Å². The van der Waals surface area contributed by atoms with Gasteiger partial charge in [0.05, 0.1) is 29.1 Å². The number of amides is 2. The van der Waals surface area contributed by atoms with Gasteiger partial charge in [0, 0.05) is 35.2 Å².